The molecule has 0 amide bonds. The van der Waals surface area contributed by atoms with E-state index < -0.39 is 6.04 Å². The van der Waals surface area contributed by atoms with Gasteiger partial charge in [-0.2, -0.15) is 0 Å². The van der Waals surface area contributed by atoms with Crippen LogP contribution in [0.1, 0.15) is 34.1 Å². The molecule has 1 aliphatic heterocycles. The zero-order valence-corrected chi connectivity index (χ0v) is 22.7. The van der Waals surface area contributed by atoms with Crippen molar-refractivity contribution in [3.8, 4) is 0 Å². The van der Waals surface area contributed by atoms with Gasteiger partial charge in [0.25, 0.3) is 5.56 Å². The Labute approximate surface area is 232 Å². The molecule has 1 N–H and O–H groups in total. The van der Waals surface area contributed by atoms with E-state index in [1.807, 2.05) is 54.1 Å². The normalized spacial score (nSPS) is 15.0. The zero-order chi connectivity index (χ0) is 27.6. The van der Waals surface area contributed by atoms with Crippen molar-refractivity contribution in [1.29, 1.82) is 0 Å². The molecule has 0 saturated carbocycles. The number of fused-ring (bicyclic) bond motifs is 1. The average Bonchev–Trinajstić information content (AvgIpc) is 3.42. The van der Waals surface area contributed by atoms with E-state index in [1.165, 1.54) is 11.6 Å². The van der Waals surface area contributed by atoms with Crippen molar-refractivity contribution in [3.63, 3.8) is 0 Å². The Kier molecular flexibility index (Phi) is 7.13. The largest absolute Gasteiger partial charge is 0.367 e. The molecule has 2 aromatic heterocycles. The first-order valence-corrected chi connectivity index (χ1v) is 13.7. The number of nitrogens with zero attached hydrogens (tertiary/aromatic N) is 6. The van der Waals surface area contributed by atoms with Gasteiger partial charge in [0, 0.05) is 49.2 Å². The molecule has 0 aliphatic carbocycles. The topological polar surface area (TPSA) is 82.9 Å². The number of tetrazole rings is 1. The molecule has 40 heavy (non-hydrogen) atoms. The summed E-state index contributed by atoms with van der Waals surface area (Å²) in [5.74, 6) is 0.402. The minimum absolute atomic E-state index is 0.156. The molecular formula is C31H32FN7O. The van der Waals surface area contributed by atoms with Crippen LogP contribution in [-0.4, -0.2) is 56.3 Å². The Bertz CT molecular complexity index is 1690. The number of halogens is 1. The highest BCUT2D eigenvalue weighted by atomic mass is 19.1. The van der Waals surface area contributed by atoms with Crippen LogP contribution in [0.15, 0.2) is 77.6 Å². The number of rotatable bonds is 7. The predicted molar refractivity (Wildman–Crippen MR) is 154 cm³/mol. The van der Waals surface area contributed by atoms with Gasteiger partial charge in [-0.3, -0.25) is 9.69 Å². The number of hydrogen-bond donors (Lipinski definition) is 1. The Balaban J connectivity index is 1.38. The Morgan fingerprint density at radius 2 is 1.70 bits per heavy atom. The van der Waals surface area contributed by atoms with Crippen molar-refractivity contribution >= 4 is 16.6 Å². The van der Waals surface area contributed by atoms with E-state index in [4.69, 9.17) is 0 Å². The van der Waals surface area contributed by atoms with Crippen LogP contribution in [0, 0.1) is 19.7 Å². The van der Waals surface area contributed by atoms with Gasteiger partial charge < -0.3 is 9.88 Å². The molecule has 1 atom stereocenters. The van der Waals surface area contributed by atoms with E-state index in [9.17, 15) is 9.18 Å². The second-order valence-corrected chi connectivity index (χ2v) is 10.5. The fraction of sp³-hybridized carbons (Fsp3) is 0.290. The van der Waals surface area contributed by atoms with Crippen molar-refractivity contribution in [3.05, 3.63) is 117 Å². The molecule has 1 fully saturated rings. The lowest BCUT2D eigenvalue weighted by atomic mass is 9.99. The summed E-state index contributed by atoms with van der Waals surface area (Å²) >= 11 is 0. The van der Waals surface area contributed by atoms with Crippen LogP contribution >= 0.6 is 0 Å². The average molecular weight is 538 g/mol. The number of para-hydroxylation sites is 1. The van der Waals surface area contributed by atoms with Crippen molar-refractivity contribution in [2.45, 2.75) is 32.9 Å². The molecule has 5 aromatic rings. The molecule has 0 bridgehead atoms. The number of aryl methyl sites for hydroxylation is 4. The number of aromatic amines is 1. The number of nitrogens with one attached hydrogen (secondary N) is 1. The Morgan fingerprint density at radius 3 is 2.48 bits per heavy atom. The smallest absolute Gasteiger partial charge is 0.253 e. The summed E-state index contributed by atoms with van der Waals surface area (Å²) in [7, 11) is 0. The zero-order valence-electron chi connectivity index (χ0n) is 22.7. The molecule has 204 valence electrons. The molecule has 0 radical (unpaired) electrons. The monoisotopic (exact) mass is 537 g/mol. The molecule has 6 rings (SSSR count). The molecular weight excluding hydrogens is 505 g/mol. The second-order valence-electron chi connectivity index (χ2n) is 10.5. The first-order valence-electron chi connectivity index (χ1n) is 13.7. The lowest BCUT2D eigenvalue weighted by Gasteiger charge is -2.39. The number of pyridine rings is 1. The quantitative estimate of drug-likeness (QED) is 0.331. The standard InChI is InChI=1S/C31H32FN7O/c1-21-18-22(2)24-20-25(31(40)33-27(24)19-21)29(30-34-35-36-39(30)13-12-23-8-4-3-5-9-23)38-16-14-37(15-17-38)28-11-7-6-10-26(28)32/h3-11,18-20,29H,12-17H2,1-2H3,(H,33,40)/t29-/m0/s1. The predicted octanol–water partition coefficient (Wildman–Crippen LogP) is 4.42. The van der Waals surface area contributed by atoms with E-state index >= 15 is 0 Å². The lowest BCUT2D eigenvalue weighted by Crippen LogP contribution is -2.49. The molecule has 8 nitrogen and oxygen atoms in total. The third kappa shape index (κ3) is 5.12. The van der Waals surface area contributed by atoms with E-state index in [0.717, 1.165) is 28.5 Å². The van der Waals surface area contributed by atoms with Crippen molar-refractivity contribution in [2.75, 3.05) is 31.1 Å². The summed E-state index contributed by atoms with van der Waals surface area (Å²) in [6.45, 7) is 7.14. The summed E-state index contributed by atoms with van der Waals surface area (Å²) in [6, 6.07) is 22.7. The van der Waals surface area contributed by atoms with Crippen LogP contribution < -0.4 is 10.5 Å². The minimum atomic E-state index is -0.456. The highest BCUT2D eigenvalue weighted by Crippen LogP contribution is 2.30. The first-order chi connectivity index (χ1) is 19.5. The van der Waals surface area contributed by atoms with Crippen molar-refractivity contribution in [2.24, 2.45) is 0 Å². The van der Waals surface area contributed by atoms with Gasteiger partial charge in [0.05, 0.1) is 5.69 Å². The molecule has 3 aromatic carbocycles. The van der Waals surface area contributed by atoms with Crippen LogP contribution in [-0.2, 0) is 13.0 Å². The summed E-state index contributed by atoms with van der Waals surface area (Å²) in [4.78, 5) is 21.0. The van der Waals surface area contributed by atoms with Gasteiger partial charge in [0.2, 0.25) is 0 Å². The summed E-state index contributed by atoms with van der Waals surface area (Å²) < 4.78 is 16.3. The number of H-pyrrole nitrogens is 1. The van der Waals surface area contributed by atoms with E-state index in [-0.39, 0.29) is 11.4 Å². The van der Waals surface area contributed by atoms with Gasteiger partial charge in [-0.05, 0) is 71.7 Å². The van der Waals surface area contributed by atoms with Gasteiger partial charge in [0.1, 0.15) is 11.9 Å². The molecule has 1 saturated heterocycles. The van der Waals surface area contributed by atoms with Gasteiger partial charge in [-0.1, -0.05) is 48.5 Å². The number of piperazine rings is 1. The lowest BCUT2D eigenvalue weighted by molar-refractivity contribution is 0.199. The van der Waals surface area contributed by atoms with Gasteiger partial charge in [-0.15, -0.1) is 5.10 Å². The number of benzene rings is 3. The van der Waals surface area contributed by atoms with Crippen LogP contribution in [0.3, 0.4) is 0 Å². The third-order valence-electron chi connectivity index (χ3n) is 7.77. The van der Waals surface area contributed by atoms with Crippen LogP contribution in [0.4, 0.5) is 10.1 Å². The number of aromatic nitrogens is 5. The second kappa shape index (κ2) is 11.0. The fourth-order valence-corrected chi connectivity index (χ4v) is 5.77. The van der Waals surface area contributed by atoms with E-state index in [1.54, 1.807) is 6.07 Å². The van der Waals surface area contributed by atoms with Crippen molar-refractivity contribution < 1.29 is 4.39 Å². The van der Waals surface area contributed by atoms with Crippen molar-refractivity contribution in [1.82, 2.24) is 30.1 Å². The summed E-state index contributed by atoms with van der Waals surface area (Å²) in [5, 5.41) is 13.8. The van der Waals surface area contributed by atoms with Crippen LogP contribution in [0.25, 0.3) is 10.9 Å². The molecule has 0 unspecified atom stereocenters. The van der Waals surface area contributed by atoms with E-state index in [0.29, 0.717) is 49.8 Å². The van der Waals surface area contributed by atoms with Gasteiger partial charge >= 0.3 is 0 Å². The number of anilines is 1. The van der Waals surface area contributed by atoms with Gasteiger partial charge in [0.15, 0.2) is 5.82 Å². The Morgan fingerprint density at radius 1 is 0.950 bits per heavy atom. The molecule has 0 spiro atoms. The Hall–Kier alpha value is -4.37. The third-order valence-corrected chi connectivity index (χ3v) is 7.77. The highest BCUT2D eigenvalue weighted by molar-refractivity contribution is 5.83. The maximum Gasteiger partial charge on any atom is 0.253 e. The maximum atomic E-state index is 14.5. The molecule has 1 aliphatic rings. The summed E-state index contributed by atoms with van der Waals surface area (Å²) in [5.41, 5.74) is 5.25. The minimum Gasteiger partial charge on any atom is -0.367 e. The summed E-state index contributed by atoms with van der Waals surface area (Å²) in [6.07, 6.45) is 0.763. The fourth-order valence-electron chi connectivity index (χ4n) is 5.77. The van der Waals surface area contributed by atoms with Crippen LogP contribution in [0.2, 0.25) is 0 Å². The first kappa shape index (κ1) is 25.9. The highest BCUT2D eigenvalue weighted by Gasteiger charge is 2.33. The van der Waals surface area contributed by atoms with E-state index in [2.05, 4.69) is 55.4 Å². The SMILES string of the molecule is Cc1cc(C)c2cc([C@@H](c3nnnn3CCc3ccccc3)N3CCN(c4ccccc4F)CC3)c(=O)[nH]c2c1. The molecule has 3 heterocycles. The maximum absolute atomic E-state index is 14.5. The van der Waals surface area contributed by atoms with Gasteiger partial charge in [-0.25, -0.2) is 9.07 Å². The number of hydrogen-bond acceptors (Lipinski definition) is 6. The van der Waals surface area contributed by atoms with Crippen LogP contribution in [0.5, 0.6) is 0 Å². The molecule has 9 heteroatoms.